The summed E-state index contributed by atoms with van der Waals surface area (Å²) in [5.74, 6) is 0. The number of rotatable bonds is 4. The highest BCUT2D eigenvalue weighted by Crippen LogP contribution is 2.16. The van der Waals surface area contributed by atoms with Crippen LogP contribution in [0.2, 0.25) is 0 Å². The zero-order chi connectivity index (χ0) is 11.9. The van der Waals surface area contributed by atoms with Crippen molar-refractivity contribution in [2.24, 2.45) is 0 Å². The summed E-state index contributed by atoms with van der Waals surface area (Å²) in [6.07, 6.45) is 5.08. The molecule has 0 saturated heterocycles. The van der Waals surface area contributed by atoms with Crippen molar-refractivity contribution < 1.29 is 0 Å². The van der Waals surface area contributed by atoms with Crippen molar-refractivity contribution >= 4 is 5.57 Å². The summed E-state index contributed by atoms with van der Waals surface area (Å²) in [6, 6.07) is 20.8. The van der Waals surface area contributed by atoms with Gasteiger partial charge in [0, 0.05) is 0 Å². The molecule has 0 heteroatoms. The lowest BCUT2D eigenvalue weighted by Gasteiger charge is -2.02. The first-order valence-electron chi connectivity index (χ1n) is 5.82. The minimum atomic E-state index is 0.942. The fourth-order valence-electron chi connectivity index (χ4n) is 1.79. The number of hydrogen-bond acceptors (Lipinski definition) is 0. The first-order chi connectivity index (χ1) is 8.40. The summed E-state index contributed by atoms with van der Waals surface area (Å²) < 4.78 is 0. The first kappa shape index (κ1) is 11.4. The van der Waals surface area contributed by atoms with Crippen molar-refractivity contribution in [2.45, 2.75) is 6.42 Å². The highest BCUT2D eigenvalue weighted by molar-refractivity contribution is 5.73. The van der Waals surface area contributed by atoms with Gasteiger partial charge in [0.05, 0.1) is 0 Å². The van der Waals surface area contributed by atoms with Crippen molar-refractivity contribution in [1.29, 1.82) is 0 Å². The first-order valence-corrected chi connectivity index (χ1v) is 5.82. The summed E-state index contributed by atoms with van der Waals surface area (Å²) in [5, 5.41) is 0. The van der Waals surface area contributed by atoms with Crippen LogP contribution in [0.15, 0.2) is 79.4 Å². The Morgan fingerprint density at radius 1 is 0.882 bits per heavy atom. The van der Waals surface area contributed by atoms with Gasteiger partial charge in [0.15, 0.2) is 0 Å². The van der Waals surface area contributed by atoms with Gasteiger partial charge in [0.2, 0.25) is 0 Å². The van der Waals surface area contributed by atoms with Crippen LogP contribution in [0.1, 0.15) is 11.1 Å². The van der Waals surface area contributed by atoms with Crippen LogP contribution in [0.25, 0.3) is 5.57 Å². The third kappa shape index (κ3) is 3.18. The largest absolute Gasteiger partial charge is 0.0985 e. The van der Waals surface area contributed by atoms with Crippen LogP contribution in [0.5, 0.6) is 0 Å². The molecule has 0 amide bonds. The van der Waals surface area contributed by atoms with Gasteiger partial charge in [0.25, 0.3) is 0 Å². The molecule has 0 spiro atoms. The van der Waals surface area contributed by atoms with Crippen molar-refractivity contribution in [3.05, 3.63) is 90.5 Å². The lowest BCUT2D eigenvalue weighted by Crippen LogP contribution is -1.84. The molecule has 0 saturated carbocycles. The highest BCUT2D eigenvalue weighted by Gasteiger charge is 1.95. The predicted molar refractivity (Wildman–Crippen MR) is 74.8 cm³/mol. The summed E-state index contributed by atoms with van der Waals surface area (Å²) in [5.41, 5.74) is 3.73. The van der Waals surface area contributed by atoms with Crippen molar-refractivity contribution in [2.75, 3.05) is 0 Å². The number of benzene rings is 2. The third-order valence-electron chi connectivity index (χ3n) is 2.73. The SMILES string of the molecule is C=C/C(=C\Cc1ccccc1)c1ccccc1. The minimum absolute atomic E-state index is 0.942. The molecule has 0 nitrogen and oxygen atoms in total. The van der Waals surface area contributed by atoms with E-state index in [1.54, 1.807) is 0 Å². The molecular weight excluding hydrogens is 204 g/mol. The van der Waals surface area contributed by atoms with Gasteiger partial charge in [-0.2, -0.15) is 0 Å². The van der Waals surface area contributed by atoms with Gasteiger partial charge in [-0.1, -0.05) is 79.4 Å². The average Bonchev–Trinajstić information content (AvgIpc) is 2.42. The minimum Gasteiger partial charge on any atom is -0.0985 e. The van der Waals surface area contributed by atoms with Gasteiger partial charge in [-0.25, -0.2) is 0 Å². The fraction of sp³-hybridized carbons (Fsp3) is 0.0588. The van der Waals surface area contributed by atoms with E-state index in [1.807, 2.05) is 18.2 Å². The molecular formula is C17H16. The van der Waals surface area contributed by atoms with Gasteiger partial charge < -0.3 is 0 Å². The van der Waals surface area contributed by atoms with Gasteiger partial charge >= 0.3 is 0 Å². The van der Waals surface area contributed by atoms with Gasteiger partial charge in [-0.15, -0.1) is 0 Å². The zero-order valence-electron chi connectivity index (χ0n) is 9.84. The molecule has 2 aromatic rings. The van der Waals surface area contributed by atoms with E-state index in [0.29, 0.717) is 0 Å². The molecule has 0 aliphatic heterocycles. The molecule has 0 N–H and O–H groups in total. The van der Waals surface area contributed by atoms with E-state index in [1.165, 1.54) is 16.7 Å². The molecule has 84 valence electrons. The molecule has 0 fully saturated rings. The van der Waals surface area contributed by atoms with E-state index in [2.05, 4.69) is 61.2 Å². The maximum absolute atomic E-state index is 3.88. The maximum atomic E-state index is 3.88. The van der Waals surface area contributed by atoms with Crippen molar-refractivity contribution in [3.63, 3.8) is 0 Å². The molecule has 17 heavy (non-hydrogen) atoms. The molecule has 0 aliphatic rings. The van der Waals surface area contributed by atoms with Crippen molar-refractivity contribution in [3.8, 4) is 0 Å². The Kier molecular flexibility index (Phi) is 3.93. The van der Waals surface area contributed by atoms with Gasteiger partial charge in [0.1, 0.15) is 0 Å². The number of hydrogen-bond donors (Lipinski definition) is 0. The van der Waals surface area contributed by atoms with Crippen LogP contribution >= 0.6 is 0 Å². The normalized spacial score (nSPS) is 11.2. The second kappa shape index (κ2) is 5.86. The van der Waals surface area contributed by atoms with Crippen LogP contribution in [-0.4, -0.2) is 0 Å². The molecule has 0 radical (unpaired) electrons. The standard InChI is InChI=1S/C17H16/c1-2-16(17-11-7-4-8-12-17)14-13-15-9-5-3-6-10-15/h2-12,14H,1,13H2/b16-14+. The van der Waals surface area contributed by atoms with E-state index in [4.69, 9.17) is 0 Å². The molecule has 0 aliphatic carbocycles. The monoisotopic (exact) mass is 220 g/mol. The lowest BCUT2D eigenvalue weighted by atomic mass is 10.0. The molecule has 0 unspecified atom stereocenters. The predicted octanol–water partition coefficient (Wildman–Crippen LogP) is 4.50. The van der Waals surface area contributed by atoms with E-state index in [9.17, 15) is 0 Å². The van der Waals surface area contributed by atoms with E-state index < -0.39 is 0 Å². The molecule has 0 heterocycles. The summed E-state index contributed by atoms with van der Waals surface area (Å²) >= 11 is 0. The van der Waals surface area contributed by atoms with Crippen LogP contribution in [0.3, 0.4) is 0 Å². The van der Waals surface area contributed by atoms with E-state index in [0.717, 1.165) is 6.42 Å². The van der Waals surface area contributed by atoms with E-state index >= 15 is 0 Å². The van der Waals surface area contributed by atoms with Gasteiger partial charge in [-0.05, 0) is 23.1 Å². The fourth-order valence-corrected chi connectivity index (χ4v) is 1.79. The molecule has 0 aromatic heterocycles. The summed E-state index contributed by atoms with van der Waals surface area (Å²) in [6.45, 7) is 3.88. The van der Waals surface area contributed by atoms with Gasteiger partial charge in [-0.3, -0.25) is 0 Å². The Balaban J connectivity index is 2.17. The molecule has 2 rings (SSSR count). The Morgan fingerprint density at radius 2 is 1.47 bits per heavy atom. The van der Waals surface area contributed by atoms with Crippen LogP contribution in [-0.2, 0) is 6.42 Å². The molecule has 2 aromatic carbocycles. The van der Waals surface area contributed by atoms with Crippen LogP contribution in [0, 0.1) is 0 Å². The Labute approximate surface area is 103 Å². The van der Waals surface area contributed by atoms with Crippen LogP contribution in [0.4, 0.5) is 0 Å². The van der Waals surface area contributed by atoms with Crippen molar-refractivity contribution in [1.82, 2.24) is 0 Å². The molecule has 0 bridgehead atoms. The third-order valence-corrected chi connectivity index (χ3v) is 2.73. The Bertz CT molecular complexity index is 492. The average molecular weight is 220 g/mol. The Morgan fingerprint density at radius 3 is 2.06 bits per heavy atom. The maximum Gasteiger partial charge on any atom is -0.00882 e. The van der Waals surface area contributed by atoms with E-state index in [-0.39, 0.29) is 0 Å². The second-order valence-electron chi connectivity index (χ2n) is 3.92. The van der Waals surface area contributed by atoms with Crippen LogP contribution < -0.4 is 0 Å². The highest BCUT2D eigenvalue weighted by atomic mass is 14.0. The Hall–Kier alpha value is -2.08. The summed E-state index contributed by atoms with van der Waals surface area (Å²) in [4.78, 5) is 0. The lowest BCUT2D eigenvalue weighted by molar-refractivity contribution is 1.27. The quantitative estimate of drug-likeness (QED) is 0.665. The smallest absolute Gasteiger partial charge is 0.00882 e. The topological polar surface area (TPSA) is 0 Å². The molecule has 0 atom stereocenters. The zero-order valence-corrected chi connectivity index (χ0v) is 9.84. The second-order valence-corrected chi connectivity index (χ2v) is 3.92. The number of allylic oxidation sites excluding steroid dienone is 3. The summed E-state index contributed by atoms with van der Waals surface area (Å²) in [7, 11) is 0.